The Hall–Kier alpha value is -2.08. The van der Waals surface area contributed by atoms with Gasteiger partial charge in [0.2, 0.25) is 5.89 Å². The second-order valence-corrected chi connectivity index (χ2v) is 5.18. The molecule has 21 heavy (non-hydrogen) atoms. The largest absolute Gasteiger partial charge is 0.493 e. The van der Waals surface area contributed by atoms with Crippen LogP contribution in [-0.4, -0.2) is 24.4 Å². The van der Waals surface area contributed by atoms with Crippen LogP contribution in [0.1, 0.15) is 37.2 Å². The van der Waals surface area contributed by atoms with Crippen molar-refractivity contribution in [1.29, 1.82) is 0 Å². The molecular formula is C15H21N3O3. The highest BCUT2D eigenvalue weighted by Gasteiger charge is 2.18. The Labute approximate surface area is 124 Å². The second-order valence-electron chi connectivity index (χ2n) is 5.18. The van der Waals surface area contributed by atoms with Crippen LogP contribution in [0.15, 0.2) is 22.7 Å². The van der Waals surface area contributed by atoms with Crippen molar-refractivity contribution < 1.29 is 14.0 Å². The number of hydrogen-bond acceptors (Lipinski definition) is 6. The van der Waals surface area contributed by atoms with E-state index >= 15 is 0 Å². The van der Waals surface area contributed by atoms with Crippen LogP contribution in [0.25, 0.3) is 0 Å². The van der Waals surface area contributed by atoms with Crippen LogP contribution in [0.4, 0.5) is 0 Å². The summed E-state index contributed by atoms with van der Waals surface area (Å²) >= 11 is 0. The summed E-state index contributed by atoms with van der Waals surface area (Å²) in [6.07, 6.45) is 0.550. The Kier molecular flexibility index (Phi) is 4.80. The van der Waals surface area contributed by atoms with Crippen molar-refractivity contribution in [1.82, 2.24) is 10.1 Å². The first kappa shape index (κ1) is 15.3. The zero-order valence-electron chi connectivity index (χ0n) is 12.8. The summed E-state index contributed by atoms with van der Waals surface area (Å²) in [5.41, 5.74) is 7.01. The van der Waals surface area contributed by atoms with Crippen LogP contribution in [-0.2, 0) is 6.42 Å². The van der Waals surface area contributed by atoms with E-state index in [1.165, 1.54) is 0 Å². The van der Waals surface area contributed by atoms with Gasteiger partial charge in [-0.1, -0.05) is 25.1 Å². The third kappa shape index (κ3) is 3.52. The van der Waals surface area contributed by atoms with E-state index in [4.69, 9.17) is 19.7 Å². The molecule has 0 saturated heterocycles. The predicted octanol–water partition coefficient (Wildman–Crippen LogP) is 2.33. The fourth-order valence-corrected chi connectivity index (χ4v) is 1.93. The quantitative estimate of drug-likeness (QED) is 0.879. The van der Waals surface area contributed by atoms with Gasteiger partial charge in [-0.3, -0.25) is 0 Å². The van der Waals surface area contributed by atoms with Gasteiger partial charge in [-0.05, 0) is 23.6 Å². The molecule has 0 amide bonds. The predicted molar refractivity (Wildman–Crippen MR) is 78.4 cm³/mol. The number of nitrogens with zero attached hydrogens (tertiary/aromatic N) is 2. The molecule has 0 spiro atoms. The van der Waals surface area contributed by atoms with E-state index in [2.05, 4.69) is 10.1 Å². The van der Waals surface area contributed by atoms with Gasteiger partial charge in [-0.25, -0.2) is 0 Å². The molecule has 0 aliphatic rings. The van der Waals surface area contributed by atoms with Gasteiger partial charge in [0.15, 0.2) is 17.3 Å². The molecule has 2 N–H and O–H groups in total. The minimum atomic E-state index is -0.239. The van der Waals surface area contributed by atoms with E-state index in [1.807, 2.05) is 32.0 Å². The number of hydrogen-bond donors (Lipinski definition) is 1. The average molecular weight is 291 g/mol. The van der Waals surface area contributed by atoms with E-state index in [1.54, 1.807) is 14.2 Å². The van der Waals surface area contributed by atoms with Crippen LogP contribution in [0.2, 0.25) is 0 Å². The van der Waals surface area contributed by atoms with Crippen molar-refractivity contribution >= 4 is 0 Å². The van der Waals surface area contributed by atoms with Crippen LogP contribution in [0.3, 0.4) is 0 Å². The number of benzene rings is 1. The Morgan fingerprint density at radius 1 is 1.19 bits per heavy atom. The fraction of sp³-hybridized carbons (Fsp3) is 0.467. The van der Waals surface area contributed by atoms with Gasteiger partial charge in [-0.2, -0.15) is 4.98 Å². The molecule has 0 fully saturated rings. The summed E-state index contributed by atoms with van der Waals surface area (Å²) in [6.45, 7) is 4.03. The molecule has 0 radical (unpaired) electrons. The molecule has 1 unspecified atom stereocenters. The molecule has 1 heterocycles. The molecule has 1 atom stereocenters. The summed E-state index contributed by atoms with van der Waals surface area (Å²) in [7, 11) is 3.21. The minimum absolute atomic E-state index is 0.239. The summed E-state index contributed by atoms with van der Waals surface area (Å²) in [4.78, 5) is 4.35. The molecule has 6 heteroatoms. The van der Waals surface area contributed by atoms with Gasteiger partial charge in [0.25, 0.3) is 0 Å². The molecule has 0 aliphatic carbocycles. The van der Waals surface area contributed by atoms with Gasteiger partial charge in [0.05, 0.1) is 20.3 Å². The molecule has 2 aromatic rings. The number of rotatable bonds is 6. The van der Waals surface area contributed by atoms with Crippen LogP contribution in [0, 0.1) is 5.92 Å². The number of methoxy groups -OCH3 is 2. The molecule has 0 bridgehead atoms. The fourth-order valence-electron chi connectivity index (χ4n) is 1.93. The first-order chi connectivity index (χ1) is 10.0. The lowest BCUT2D eigenvalue weighted by atomic mass is 10.1. The molecule has 1 aromatic heterocycles. The topological polar surface area (TPSA) is 83.4 Å². The van der Waals surface area contributed by atoms with E-state index in [-0.39, 0.29) is 12.0 Å². The molecular weight excluding hydrogens is 270 g/mol. The molecule has 0 saturated carbocycles. The maximum atomic E-state index is 6.00. The lowest BCUT2D eigenvalue weighted by Gasteiger charge is -2.09. The Bertz CT molecular complexity index is 596. The molecule has 6 nitrogen and oxygen atoms in total. The van der Waals surface area contributed by atoms with Gasteiger partial charge in [-0.15, -0.1) is 0 Å². The smallest absolute Gasteiger partial charge is 0.243 e. The van der Waals surface area contributed by atoms with Gasteiger partial charge in [0.1, 0.15) is 0 Å². The van der Waals surface area contributed by atoms with Gasteiger partial charge in [0, 0.05) is 6.42 Å². The first-order valence-electron chi connectivity index (χ1n) is 6.84. The van der Waals surface area contributed by atoms with E-state index in [0.29, 0.717) is 29.6 Å². The first-order valence-corrected chi connectivity index (χ1v) is 6.84. The Morgan fingerprint density at radius 3 is 2.52 bits per heavy atom. The van der Waals surface area contributed by atoms with Crippen molar-refractivity contribution in [2.75, 3.05) is 14.2 Å². The lowest BCUT2D eigenvalue weighted by Crippen LogP contribution is -2.17. The summed E-state index contributed by atoms with van der Waals surface area (Å²) in [5.74, 6) is 2.70. The summed E-state index contributed by atoms with van der Waals surface area (Å²) < 4.78 is 15.7. The SMILES string of the molecule is COc1ccc(Cc2noc(C(N)C(C)C)n2)cc1OC. The van der Waals surface area contributed by atoms with Crippen LogP contribution < -0.4 is 15.2 Å². The highest BCUT2D eigenvalue weighted by Crippen LogP contribution is 2.28. The van der Waals surface area contributed by atoms with Crippen LogP contribution in [0.5, 0.6) is 11.5 Å². The van der Waals surface area contributed by atoms with E-state index in [9.17, 15) is 0 Å². The maximum Gasteiger partial charge on any atom is 0.243 e. The van der Waals surface area contributed by atoms with Crippen molar-refractivity contribution in [3.8, 4) is 11.5 Å². The van der Waals surface area contributed by atoms with Crippen LogP contribution >= 0.6 is 0 Å². The highest BCUT2D eigenvalue weighted by atomic mass is 16.5. The number of aromatic nitrogens is 2. The maximum absolute atomic E-state index is 6.00. The third-order valence-corrected chi connectivity index (χ3v) is 3.30. The highest BCUT2D eigenvalue weighted by molar-refractivity contribution is 5.43. The lowest BCUT2D eigenvalue weighted by molar-refractivity contribution is 0.322. The van der Waals surface area contributed by atoms with Gasteiger partial charge < -0.3 is 19.7 Å². The van der Waals surface area contributed by atoms with Crippen molar-refractivity contribution in [3.63, 3.8) is 0 Å². The summed E-state index contributed by atoms with van der Waals surface area (Å²) in [5, 5.41) is 3.97. The minimum Gasteiger partial charge on any atom is -0.493 e. The molecule has 114 valence electrons. The third-order valence-electron chi connectivity index (χ3n) is 3.30. The van der Waals surface area contributed by atoms with E-state index < -0.39 is 0 Å². The molecule has 0 aliphatic heterocycles. The zero-order valence-corrected chi connectivity index (χ0v) is 12.8. The zero-order chi connectivity index (χ0) is 15.4. The van der Waals surface area contributed by atoms with Gasteiger partial charge >= 0.3 is 0 Å². The Morgan fingerprint density at radius 2 is 1.90 bits per heavy atom. The Balaban J connectivity index is 2.15. The standard InChI is InChI=1S/C15H21N3O3/c1-9(2)14(16)15-17-13(18-21-15)8-10-5-6-11(19-3)12(7-10)20-4/h5-7,9,14H,8,16H2,1-4H3. The van der Waals surface area contributed by atoms with Crippen molar-refractivity contribution in [2.45, 2.75) is 26.3 Å². The second kappa shape index (κ2) is 6.58. The average Bonchev–Trinajstić information content (AvgIpc) is 2.94. The number of ether oxygens (including phenoxy) is 2. The molecule has 1 aromatic carbocycles. The normalized spacial score (nSPS) is 12.5. The summed E-state index contributed by atoms with van der Waals surface area (Å²) in [6, 6.07) is 5.46. The van der Waals surface area contributed by atoms with Crippen molar-refractivity contribution in [3.05, 3.63) is 35.5 Å². The number of nitrogens with two attached hydrogens (primary N) is 1. The molecule has 2 rings (SSSR count). The van der Waals surface area contributed by atoms with Crippen molar-refractivity contribution in [2.24, 2.45) is 11.7 Å². The monoisotopic (exact) mass is 291 g/mol. The van der Waals surface area contributed by atoms with E-state index in [0.717, 1.165) is 5.56 Å².